The summed E-state index contributed by atoms with van der Waals surface area (Å²) < 4.78 is 45.3. The van der Waals surface area contributed by atoms with Crippen LogP contribution >= 0.6 is 11.8 Å². The molecule has 1 saturated heterocycles. The normalized spacial score (nSPS) is 18.2. The van der Waals surface area contributed by atoms with Gasteiger partial charge in [0.05, 0.1) is 17.1 Å². The Morgan fingerprint density at radius 1 is 1.24 bits per heavy atom. The molecule has 29 heavy (non-hydrogen) atoms. The van der Waals surface area contributed by atoms with E-state index in [0.717, 1.165) is 38.3 Å². The predicted octanol–water partition coefficient (Wildman–Crippen LogP) is 2.58. The van der Waals surface area contributed by atoms with Gasteiger partial charge in [-0.2, -0.15) is 0 Å². The fraction of sp³-hybridized carbons (Fsp3) is 0.444. The molecule has 0 unspecified atom stereocenters. The molecule has 2 aromatic rings. The van der Waals surface area contributed by atoms with E-state index in [1.807, 2.05) is 0 Å². The van der Waals surface area contributed by atoms with E-state index >= 15 is 0 Å². The van der Waals surface area contributed by atoms with Crippen LogP contribution in [0.1, 0.15) is 12.8 Å². The second-order valence-electron chi connectivity index (χ2n) is 7.10. The van der Waals surface area contributed by atoms with Crippen molar-refractivity contribution < 1.29 is 17.5 Å². The molecule has 0 aliphatic carbocycles. The molecular formula is C18H21ClFN5O3S. The van der Waals surface area contributed by atoms with Crippen LogP contribution in [0.15, 0.2) is 29.4 Å². The Morgan fingerprint density at radius 3 is 2.69 bits per heavy atom. The van der Waals surface area contributed by atoms with Crippen molar-refractivity contribution in [3.8, 4) is 5.75 Å². The third-order valence-corrected chi connectivity index (χ3v) is 6.56. The van der Waals surface area contributed by atoms with Gasteiger partial charge in [0.25, 0.3) is 0 Å². The number of halogens is 2. The molecule has 0 bridgehead atoms. The number of piperidine rings is 1. The topological polar surface area (TPSA) is 87.7 Å². The van der Waals surface area contributed by atoms with Gasteiger partial charge in [0.1, 0.15) is 18.8 Å². The first-order valence-corrected chi connectivity index (χ1v) is 11.5. The molecule has 0 spiro atoms. The van der Waals surface area contributed by atoms with E-state index in [1.165, 1.54) is 18.5 Å². The standard InChI is InChI=1S/C18H21ClFN5O3S/c1-29(26,27)13-2-3-15(14(20)10-13)23-17-16-18(22-11-21-17)25(8-9-28-16)12-4-6-24(19)7-5-12/h2-3,10-12H,4-9H2,1H3,(H,21,22,23). The van der Waals surface area contributed by atoms with E-state index < -0.39 is 15.7 Å². The highest BCUT2D eigenvalue weighted by atomic mass is 35.5. The van der Waals surface area contributed by atoms with Crippen LogP contribution in [-0.2, 0) is 9.84 Å². The largest absolute Gasteiger partial charge is 0.485 e. The molecule has 3 heterocycles. The molecule has 1 fully saturated rings. The van der Waals surface area contributed by atoms with Crippen molar-refractivity contribution in [1.82, 2.24) is 14.4 Å². The first kappa shape index (κ1) is 20.1. The Balaban J connectivity index is 1.61. The van der Waals surface area contributed by atoms with Gasteiger partial charge in [-0.05, 0) is 42.8 Å². The van der Waals surface area contributed by atoms with Gasteiger partial charge in [0.15, 0.2) is 21.5 Å². The third-order valence-electron chi connectivity index (χ3n) is 5.11. The van der Waals surface area contributed by atoms with E-state index in [0.29, 0.717) is 36.6 Å². The summed E-state index contributed by atoms with van der Waals surface area (Å²) in [5.74, 6) is 0.761. The van der Waals surface area contributed by atoms with Crippen LogP contribution < -0.4 is 15.0 Å². The summed E-state index contributed by atoms with van der Waals surface area (Å²) in [7, 11) is -3.49. The molecule has 0 saturated carbocycles. The van der Waals surface area contributed by atoms with Crippen molar-refractivity contribution in [2.75, 3.05) is 42.7 Å². The van der Waals surface area contributed by atoms with Crippen molar-refractivity contribution in [3.63, 3.8) is 0 Å². The zero-order chi connectivity index (χ0) is 20.6. The van der Waals surface area contributed by atoms with Crippen molar-refractivity contribution >= 4 is 38.9 Å². The second-order valence-corrected chi connectivity index (χ2v) is 9.59. The van der Waals surface area contributed by atoms with Gasteiger partial charge in [-0.1, -0.05) is 0 Å². The first-order chi connectivity index (χ1) is 13.8. The van der Waals surface area contributed by atoms with Gasteiger partial charge in [-0.25, -0.2) is 27.2 Å². The minimum Gasteiger partial charge on any atom is -0.485 e. The van der Waals surface area contributed by atoms with Gasteiger partial charge in [0.2, 0.25) is 5.75 Å². The molecular weight excluding hydrogens is 421 g/mol. The van der Waals surface area contributed by atoms with E-state index in [9.17, 15) is 12.8 Å². The highest BCUT2D eigenvalue weighted by Gasteiger charge is 2.31. The number of rotatable bonds is 4. The van der Waals surface area contributed by atoms with Gasteiger partial charge in [-0.3, -0.25) is 0 Å². The molecule has 0 atom stereocenters. The smallest absolute Gasteiger partial charge is 0.205 e. The lowest BCUT2D eigenvalue weighted by Gasteiger charge is -2.39. The van der Waals surface area contributed by atoms with Crippen LogP contribution in [0, 0.1) is 5.82 Å². The quantitative estimate of drug-likeness (QED) is 0.724. The summed E-state index contributed by atoms with van der Waals surface area (Å²) in [5.41, 5.74) is 0.106. The van der Waals surface area contributed by atoms with Crippen LogP contribution in [-0.4, -0.2) is 61.3 Å². The number of benzene rings is 1. The van der Waals surface area contributed by atoms with E-state index in [2.05, 4.69) is 20.2 Å². The molecule has 1 N–H and O–H groups in total. The molecule has 156 valence electrons. The number of fused-ring (bicyclic) bond motifs is 1. The summed E-state index contributed by atoms with van der Waals surface area (Å²) in [4.78, 5) is 10.7. The lowest BCUT2D eigenvalue weighted by Crippen LogP contribution is -2.46. The van der Waals surface area contributed by atoms with Gasteiger partial charge in [0, 0.05) is 25.4 Å². The third kappa shape index (κ3) is 4.24. The number of hydrogen-bond acceptors (Lipinski definition) is 8. The Morgan fingerprint density at radius 2 is 2.00 bits per heavy atom. The second kappa shape index (κ2) is 7.92. The zero-order valence-corrected chi connectivity index (χ0v) is 17.4. The van der Waals surface area contributed by atoms with Crippen molar-refractivity contribution in [2.24, 2.45) is 0 Å². The summed E-state index contributed by atoms with van der Waals surface area (Å²) in [6, 6.07) is 4.00. The monoisotopic (exact) mass is 441 g/mol. The summed E-state index contributed by atoms with van der Waals surface area (Å²) in [5, 5.41) is 2.91. The number of hydrogen-bond donors (Lipinski definition) is 1. The van der Waals surface area contributed by atoms with Gasteiger partial charge < -0.3 is 15.0 Å². The Bertz CT molecular complexity index is 1010. The molecule has 1 aromatic carbocycles. The van der Waals surface area contributed by atoms with Crippen molar-refractivity contribution in [2.45, 2.75) is 23.8 Å². The van der Waals surface area contributed by atoms with Crippen LogP contribution in [0.25, 0.3) is 0 Å². The molecule has 0 radical (unpaired) electrons. The fourth-order valence-corrected chi connectivity index (χ4v) is 4.43. The SMILES string of the molecule is CS(=O)(=O)c1ccc(Nc2ncnc3c2OCCN3C2CCN(Cl)CC2)c(F)c1. The maximum absolute atomic E-state index is 14.5. The number of anilines is 3. The maximum Gasteiger partial charge on any atom is 0.205 e. The number of nitrogens with zero attached hydrogens (tertiary/aromatic N) is 4. The molecule has 4 rings (SSSR count). The molecule has 2 aliphatic heterocycles. The molecule has 1 aromatic heterocycles. The minimum atomic E-state index is -3.49. The number of nitrogens with one attached hydrogen (secondary N) is 1. The predicted molar refractivity (Wildman–Crippen MR) is 108 cm³/mol. The molecule has 0 amide bonds. The average molecular weight is 442 g/mol. The van der Waals surface area contributed by atoms with Crippen LogP contribution in [0.4, 0.5) is 21.7 Å². The lowest BCUT2D eigenvalue weighted by atomic mass is 10.0. The molecule has 8 nitrogen and oxygen atoms in total. The highest BCUT2D eigenvalue weighted by Crippen LogP contribution is 2.39. The highest BCUT2D eigenvalue weighted by molar-refractivity contribution is 7.90. The lowest BCUT2D eigenvalue weighted by molar-refractivity contribution is 0.271. The van der Waals surface area contributed by atoms with E-state index in [-0.39, 0.29) is 10.6 Å². The average Bonchev–Trinajstić information content (AvgIpc) is 2.69. The van der Waals surface area contributed by atoms with Gasteiger partial charge >= 0.3 is 0 Å². The molecule has 2 aliphatic rings. The Hall–Kier alpha value is -2.17. The number of aromatic nitrogens is 2. The zero-order valence-electron chi connectivity index (χ0n) is 15.8. The molecule has 11 heteroatoms. The van der Waals surface area contributed by atoms with Crippen molar-refractivity contribution in [3.05, 3.63) is 30.3 Å². The first-order valence-electron chi connectivity index (χ1n) is 9.25. The fourth-order valence-electron chi connectivity index (χ4n) is 3.60. The summed E-state index contributed by atoms with van der Waals surface area (Å²) >= 11 is 6.07. The van der Waals surface area contributed by atoms with E-state index in [4.69, 9.17) is 16.5 Å². The number of ether oxygens (including phenoxy) is 1. The maximum atomic E-state index is 14.5. The van der Waals surface area contributed by atoms with E-state index in [1.54, 1.807) is 4.42 Å². The van der Waals surface area contributed by atoms with Crippen LogP contribution in [0.3, 0.4) is 0 Å². The number of sulfone groups is 1. The minimum absolute atomic E-state index is 0.0849. The van der Waals surface area contributed by atoms with Crippen LogP contribution in [0.5, 0.6) is 5.75 Å². The Kier molecular flexibility index (Phi) is 5.50. The van der Waals surface area contributed by atoms with Gasteiger partial charge in [-0.15, -0.1) is 0 Å². The summed E-state index contributed by atoms with van der Waals surface area (Å²) in [6.45, 7) is 2.76. The van der Waals surface area contributed by atoms with Crippen molar-refractivity contribution in [1.29, 1.82) is 0 Å². The summed E-state index contributed by atoms with van der Waals surface area (Å²) in [6.07, 6.45) is 4.27. The Labute approximate surface area is 173 Å². The van der Waals surface area contributed by atoms with Crippen LogP contribution in [0.2, 0.25) is 0 Å².